The van der Waals surface area contributed by atoms with Gasteiger partial charge < -0.3 is 14.8 Å². The molecule has 26 heavy (non-hydrogen) atoms. The summed E-state index contributed by atoms with van der Waals surface area (Å²) in [5.74, 6) is 0.110. The zero-order valence-corrected chi connectivity index (χ0v) is 15.2. The van der Waals surface area contributed by atoms with Gasteiger partial charge in [0.2, 0.25) is 0 Å². The highest BCUT2D eigenvalue weighted by atomic mass is 16.5. The highest BCUT2D eigenvalue weighted by Gasteiger charge is 2.15. The lowest BCUT2D eigenvalue weighted by molar-refractivity contribution is -0.136. The molecule has 0 aliphatic heterocycles. The minimum absolute atomic E-state index is 0.0730. The van der Waals surface area contributed by atoms with E-state index >= 15 is 0 Å². The van der Waals surface area contributed by atoms with E-state index in [1.807, 2.05) is 30.3 Å². The van der Waals surface area contributed by atoms with Crippen molar-refractivity contribution in [2.45, 2.75) is 13.8 Å². The first-order valence-corrected chi connectivity index (χ1v) is 8.39. The first-order chi connectivity index (χ1) is 12.5. The summed E-state index contributed by atoms with van der Waals surface area (Å²) in [4.78, 5) is 24.4. The van der Waals surface area contributed by atoms with Crippen molar-refractivity contribution in [2.24, 2.45) is 5.92 Å². The van der Waals surface area contributed by atoms with Gasteiger partial charge in [-0.15, -0.1) is 0 Å². The number of esters is 1. The summed E-state index contributed by atoms with van der Waals surface area (Å²) >= 11 is 0. The molecule has 0 saturated carbocycles. The zero-order valence-electron chi connectivity index (χ0n) is 15.2. The Morgan fingerprint density at radius 3 is 2.27 bits per heavy atom. The molecule has 1 amide bonds. The average molecular weight is 353 g/mol. The standard InChI is InChI=1S/C21H23NO4/c1-15(2)14-26-18-11-9-17(10-12-18)20(23)22-19(21(24)25-3)13-16-7-5-4-6-8-16/h4-13,15H,14H2,1-3H3,(H,22,23). The number of ether oxygens (including phenoxy) is 2. The summed E-state index contributed by atoms with van der Waals surface area (Å²) in [6.07, 6.45) is 1.57. The van der Waals surface area contributed by atoms with Crippen molar-refractivity contribution in [1.82, 2.24) is 5.32 Å². The molecule has 2 rings (SSSR count). The molecule has 0 fully saturated rings. The van der Waals surface area contributed by atoms with Gasteiger partial charge in [0.1, 0.15) is 11.4 Å². The predicted octanol–water partition coefficient (Wildman–Crippen LogP) is 3.67. The lowest BCUT2D eigenvalue weighted by Gasteiger charge is -2.10. The molecule has 5 nitrogen and oxygen atoms in total. The lowest BCUT2D eigenvalue weighted by atomic mass is 10.1. The van der Waals surface area contributed by atoms with Crippen molar-refractivity contribution in [2.75, 3.05) is 13.7 Å². The third kappa shape index (κ3) is 5.77. The molecular weight excluding hydrogens is 330 g/mol. The largest absolute Gasteiger partial charge is 0.493 e. The van der Waals surface area contributed by atoms with Crippen LogP contribution in [0.1, 0.15) is 29.8 Å². The van der Waals surface area contributed by atoms with Gasteiger partial charge in [-0.2, -0.15) is 0 Å². The Kier molecular flexibility index (Phi) is 6.97. The molecule has 0 saturated heterocycles. The summed E-state index contributed by atoms with van der Waals surface area (Å²) in [6, 6.07) is 16.0. The van der Waals surface area contributed by atoms with Crippen LogP contribution in [0.25, 0.3) is 6.08 Å². The number of methoxy groups -OCH3 is 1. The highest BCUT2D eigenvalue weighted by molar-refractivity contribution is 6.03. The maximum atomic E-state index is 12.4. The Balaban J connectivity index is 2.11. The van der Waals surface area contributed by atoms with Gasteiger partial charge in [0.05, 0.1) is 13.7 Å². The number of hydrogen-bond acceptors (Lipinski definition) is 4. The summed E-state index contributed by atoms with van der Waals surface area (Å²) in [6.45, 7) is 4.74. The second-order valence-corrected chi connectivity index (χ2v) is 6.14. The van der Waals surface area contributed by atoms with E-state index in [1.165, 1.54) is 7.11 Å². The lowest BCUT2D eigenvalue weighted by Crippen LogP contribution is -2.28. The van der Waals surface area contributed by atoms with Crippen LogP contribution in [0.2, 0.25) is 0 Å². The van der Waals surface area contributed by atoms with E-state index in [-0.39, 0.29) is 5.70 Å². The highest BCUT2D eigenvalue weighted by Crippen LogP contribution is 2.14. The maximum Gasteiger partial charge on any atom is 0.354 e. The van der Waals surface area contributed by atoms with Gasteiger partial charge >= 0.3 is 5.97 Å². The molecule has 0 aliphatic rings. The summed E-state index contributed by atoms with van der Waals surface area (Å²) in [7, 11) is 1.27. The third-order valence-corrected chi connectivity index (χ3v) is 3.46. The Morgan fingerprint density at radius 2 is 1.69 bits per heavy atom. The molecule has 0 radical (unpaired) electrons. The fraction of sp³-hybridized carbons (Fsp3) is 0.238. The first kappa shape index (κ1) is 19.2. The van der Waals surface area contributed by atoms with E-state index in [9.17, 15) is 9.59 Å². The molecule has 0 bridgehead atoms. The van der Waals surface area contributed by atoms with Crippen LogP contribution in [0.15, 0.2) is 60.3 Å². The number of rotatable bonds is 7. The van der Waals surface area contributed by atoms with Gasteiger partial charge in [-0.3, -0.25) is 4.79 Å². The molecule has 2 aromatic carbocycles. The summed E-state index contributed by atoms with van der Waals surface area (Å²) < 4.78 is 10.4. The molecule has 2 aromatic rings. The fourth-order valence-corrected chi connectivity index (χ4v) is 2.13. The first-order valence-electron chi connectivity index (χ1n) is 8.39. The molecule has 136 valence electrons. The van der Waals surface area contributed by atoms with Gasteiger partial charge in [0.15, 0.2) is 0 Å². The second kappa shape index (κ2) is 9.42. The van der Waals surface area contributed by atoms with Crippen molar-refractivity contribution < 1.29 is 19.1 Å². The van der Waals surface area contributed by atoms with Crippen LogP contribution in [-0.4, -0.2) is 25.6 Å². The minimum Gasteiger partial charge on any atom is -0.493 e. The minimum atomic E-state index is -0.612. The quantitative estimate of drug-likeness (QED) is 0.609. The van der Waals surface area contributed by atoms with Crippen LogP contribution in [0.4, 0.5) is 0 Å². The van der Waals surface area contributed by atoms with E-state index in [4.69, 9.17) is 9.47 Å². The Bertz CT molecular complexity index is 764. The van der Waals surface area contributed by atoms with Crippen molar-refractivity contribution in [3.63, 3.8) is 0 Å². The van der Waals surface area contributed by atoms with Crippen molar-refractivity contribution in [3.8, 4) is 5.75 Å². The Hall–Kier alpha value is -3.08. The number of carbonyl (C=O) groups is 2. The third-order valence-electron chi connectivity index (χ3n) is 3.46. The zero-order chi connectivity index (χ0) is 18.9. The topological polar surface area (TPSA) is 64.6 Å². The van der Waals surface area contributed by atoms with Crippen molar-refractivity contribution in [1.29, 1.82) is 0 Å². The average Bonchev–Trinajstić information content (AvgIpc) is 2.66. The fourth-order valence-electron chi connectivity index (χ4n) is 2.13. The molecule has 0 atom stereocenters. The summed E-state index contributed by atoms with van der Waals surface area (Å²) in [5, 5.41) is 2.61. The van der Waals surface area contributed by atoms with Crippen LogP contribution >= 0.6 is 0 Å². The normalized spacial score (nSPS) is 11.2. The Morgan fingerprint density at radius 1 is 1.04 bits per heavy atom. The van der Waals surface area contributed by atoms with E-state index < -0.39 is 11.9 Å². The van der Waals surface area contributed by atoms with Gasteiger partial charge in [-0.05, 0) is 41.8 Å². The molecule has 0 heterocycles. The number of benzene rings is 2. The maximum absolute atomic E-state index is 12.4. The van der Waals surface area contributed by atoms with Crippen LogP contribution < -0.4 is 10.1 Å². The van der Waals surface area contributed by atoms with Crippen LogP contribution in [0, 0.1) is 5.92 Å². The van der Waals surface area contributed by atoms with E-state index in [0.29, 0.717) is 23.8 Å². The number of nitrogens with one attached hydrogen (secondary N) is 1. The molecule has 0 spiro atoms. The van der Waals surface area contributed by atoms with Gasteiger partial charge in [-0.1, -0.05) is 44.2 Å². The molecule has 0 aromatic heterocycles. The van der Waals surface area contributed by atoms with Crippen molar-refractivity contribution >= 4 is 18.0 Å². The van der Waals surface area contributed by atoms with Crippen LogP contribution in [0.3, 0.4) is 0 Å². The second-order valence-electron chi connectivity index (χ2n) is 6.14. The van der Waals surface area contributed by atoms with Crippen molar-refractivity contribution in [3.05, 3.63) is 71.4 Å². The number of amides is 1. The van der Waals surface area contributed by atoms with E-state index in [2.05, 4.69) is 19.2 Å². The molecule has 5 heteroatoms. The number of carbonyl (C=O) groups excluding carboxylic acids is 2. The van der Waals surface area contributed by atoms with E-state index in [0.717, 1.165) is 5.56 Å². The summed E-state index contributed by atoms with van der Waals surface area (Å²) in [5.41, 5.74) is 1.28. The van der Waals surface area contributed by atoms with Crippen LogP contribution in [0.5, 0.6) is 5.75 Å². The van der Waals surface area contributed by atoms with Gasteiger partial charge in [0, 0.05) is 5.56 Å². The van der Waals surface area contributed by atoms with Gasteiger partial charge in [-0.25, -0.2) is 4.79 Å². The molecule has 0 unspecified atom stereocenters. The van der Waals surface area contributed by atoms with Gasteiger partial charge in [0.25, 0.3) is 5.91 Å². The molecule has 0 aliphatic carbocycles. The Labute approximate surface area is 153 Å². The monoisotopic (exact) mass is 353 g/mol. The smallest absolute Gasteiger partial charge is 0.354 e. The number of hydrogen-bond donors (Lipinski definition) is 1. The predicted molar refractivity (Wildman–Crippen MR) is 101 cm³/mol. The van der Waals surface area contributed by atoms with E-state index in [1.54, 1.807) is 30.3 Å². The van der Waals surface area contributed by atoms with Crippen LogP contribution in [-0.2, 0) is 9.53 Å². The molecular formula is C21H23NO4. The SMILES string of the molecule is COC(=O)C(=Cc1ccccc1)NC(=O)c1ccc(OCC(C)C)cc1. The molecule has 1 N–H and O–H groups in total.